The molecule has 0 bridgehead atoms. The second-order valence-electron chi connectivity index (χ2n) is 2.91. The Labute approximate surface area is 103 Å². The van der Waals surface area contributed by atoms with E-state index >= 15 is 0 Å². The van der Waals surface area contributed by atoms with Crippen molar-refractivity contribution in [1.29, 1.82) is 0 Å². The van der Waals surface area contributed by atoms with Gasteiger partial charge in [0.25, 0.3) is 5.19 Å². The van der Waals surface area contributed by atoms with Crippen molar-refractivity contribution in [2.24, 2.45) is 0 Å². The molecule has 1 heterocycles. The van der Waals surface area contributed by atoms with Gasteiger partial charge >= 0.3 is 11.7 Å². The highest BCUT2D eigenvalue weighted by molar-refractivity contribution is 7.09. The second kappa shape index (κ2) is 7.02. The number of nitrogens with one attached hydrogen (secondary N) is 1. The maximum absolute atomic E-state index is 11.6. The predicted octanol–water partition coefficient (Wildman–Crippen LogP) is 0.298. The average Bonchev–Trinajstić information content (AvgIpc) is 2.66. The summed E-state index contributed by atoms with van der Waals surface area (Å²) in [6.45, 7) is 5.39. The highest BCUT2D eigenvalue weighted by Gasteiger charge is 2.13. The molecule has 0 atom stereocenters. The van der Waals surface area contributed by atoms with Gasteiger partial charge < -0.3 is 14.8 Å². The SMILES string of the molecule is CCOCCNC(=O)n1sc(OCC)nc1=O. The summed E-state index contributed by atoms with van der Waals surface area (Å²) >= 11 is 0.874. The number of rotatable bonds is 6. The maximum Gasteiger partial charge on any atom is 0.369 e. The molecule has 0 spiro atoms. The van der Waals surface area contributed by atoms with Gasteiger partial charge in [-0.2, -0.15) is 3.96 Å². The van der Waals surface area contributed by atoms with E-state index in [4.69, 9.17) is 9.47 Å². The van der Waals surface area contributed by atoms with Crippen molar-refractivity contribution in [3.05, 3.63) is 10.5 Å². The monoisotopic (exact) mass is 261 g/mol. The highest BCUT2D eigenvalue weighted by atomic mass is 32.1. The van der Waals surface area contributed by atoms with Gasteiger partial charge in [-0.3, -0.25) is 0 Å². The van der Waals surface area contributed by atoms with Crippen LogP contribution >= 0.6 is 11.5 Å². The number of carbonyl (C=O) groups excluding carboxylic acids is 1. The van der Waals surface area contributed by atoms with Crippen LogP contribution in [0.3, 0.4) is 0 Å². The Morgan fingerprint density at radius 2 is 2.24 bits per heavy atom. The summed E-state index contributed by atoms with van der Waals surface area (Å²) in [6.07, 6.45) is 0. The van der Waals surface area contributed by atoms with E-state index in [-0.39, 0.29) is 5.19 Å². The maximum atomic E-state index is 11.6. The lowest BCUT2D eigenvalue weighted by Crippen LogP contribution is -2.35. The van der Waals surface area contributed by atoms with E-state index in [1.165, 1.54) is 0 Å². The van der Waals surface area contributed by atoms with Gasteiger partial charge in [0, 0.05) is 24.7 Å². The number of hydrogen-bond donors (Lipinski definition) is 1. The molecule has 0 radical (unpaired) electrons. The van der Waals surface area contributed by atoms with Crippen LogP contribution in [0.4, 0.5) is 4.79 Å². The third kappa shape index (κ3) is 4.16. The van der Waals surface area contributed by atoms with E-state index in [2.05, 4.69) is 10.3 Å². The van der Waals surface area contributed by atoms with Crippen molar-refractivity contribution in [2.45, 2.75) is 13.8 Å². The fourth-order valence-corrected chi connectivity index (χ4v) is 1.73. The molecule has 0 aliphatic carbocycles. The van der Waals surface area contributed by atoms with Gasteiger partial charge in [0.15, 0.2) is 0 Å². The predicted molar refractivity (Wildman–Crippen MR) is 62.8 cm³/mol. The molecule has 0 aliphatic heterocycles. The topological polar surface area (TPSA) is 82.4 Å². The quantitative estimate of drug-likeness (QED) is 0.745. The molecule has 1 amide bonds. The molecule has 0 saturated heterocycles. The molecule has 0 aliphatic rings. The lowest BCUT2D eigenvalue weighted by molar-refractivity contribution is 0.149. The first kappa shape index (κ1) is 13.7. The van der Waals surface area contributed by atoms with Gasteiger partial charge in [-0.25, -0.2) is 9.59 Å². The van der Waals surface area contributed by atoms with Crippen LogP contribution in [0.1, 0.15) is 13.8 Å². The van der Waals surface area contributed by atoms with E-state index in [0.717, 1.165) is 15.5 Å². The summed E-state index contributed by atoms with van der Waals surface area (Å²) in [7, 11) is 0. The van der Waals surface area contributed by atoms with E-state index in [1.54, 1.807) is 6.92 Å². The Kier molecular flexibility index (Phi) is 5.64. The summed E-state index contributed by atoms with van der Waals surface area (Å²) in [6, 6.07) is -0.516. The van der Waals surface area contributed by atoms with Crippen LogP contribution in [-0.2, 0) is 4.74 Å². The zero-order chi connectivity index (χ0) is 12.7. The molecule has 8 heteroatoms. The van der Waals surface area contributed by atoms with Gasteiger partial charge in [-0.1, -0.05) is 0 Å². The fourth-order valence-electron chi connectivity index (χ4n) is 1.02. The Morgan fingerprint density at radius 1 is 1.47 bits per heavy atom. The van der Waals surface area contributed by atoms with Crippen molar-refractivity contribution in [3.8, 4) is 5.19 Å². The Balaban J connectivity index is 2.53. The van der Waals surface area contributed by atoms with Crippen LogP contribution in [-0.4, -0.2) is 41.3 Å². The zero-order valence-corrected chi connectivity index (χ0v) is 10.6. The van der Waals surface area contributed by atoms with Crippen LogP contribution in [0, 0.1) is 0 Å². The first-order valence-corrected chi connectivity index (χ1v) is 6.05. The molecule has 1 rings (SSSR count). The summed E-state index contributed by atoms with van der Waals surface area (Å²) in [5, 5.41) is 2.74. The Bertz CT molecular complexity index is 415. The van der Waals surface area contributed by atoms with E-state index in [1.807, 2.05) is 6.92 Å². The molecule has 0 aromatic carbocycles. The van der Waals surface area contributed by atoms with Crippen molar-refractivity contribution < 1.29 is 14.3 Å². The number of ether oxygens (including phenoxy) is 2. The summed E-state index contributed by atoms with van der Waals surface area (Å²) < 4.78 is 11.0. The minimum atomic E-state index is -0.632. The van der Waals surface area contributed by atoms with Crippen LogP contribution in [0.2, 0.25) is 0 Å². The van der Waals surface area contributed by atoms with E-state index in [9.17, 15) is 9.59 Å². The Morgan fingerprint density at radius 3 is 2.88 bits per heavy atom. The number of hydrogen-bond acceptors (Lipinski definition) is 6. The van der Waals surface area contributed by atoms with E-state index in [0.29, 0.717) is 26.4 Å². The third-order valence-corrected chi connectivity index (χ3v) is 2.58. The van der Waals surface area contributed by atoms with Crippen molar-refractivity contribution in [3.63, 3.8) is 0 Å². The fraction of sp³-hybridized carbons (Fsp3) is 0.667. The van der Waals surface area contributed by atoms with Crippen LogP contribution in [0.25, 0.3) is 0 Å². The summed E-state index contributed by atoms with van der Waals surface area (Å²) in [4.78, 5) is 26.5. The highest BCUT2D eigenvalue weighted by Crippen LogP contribution is 2.10. The number of aromatic nitrogens is 2. The first-order valence-electron chi connectivity index (χ1n) is 5.28. The standard InChI is InChI=1S/C9H15N3O4S/c1-3-15-6-5-10-7(13)12-8(14)11-9(17-12)16-4-2/h3-6H2,1-2H3,(H,10,13). The molecule has 17 heavy (non-hydrogen) atoms. The van der Waals surface area contributed by atoms with Crippen molar-refractivity contribution >= 4 is 17.6 Å². The van der Waals surface area contributed by atoms with E-state index < -0.39 is 11.7 Å². The first-order chi connectivity index (χ1) is 8.19. The minimum absolute atomic E-state index is 0.192. The molecule has 7 nitrogen and oxygen atoms in total. The van der Waals surface area contributed by atoms with Crippen LogP contribution < -0.4 is 15.7 Å². The van der Waals surface area contributed by atoms with Gasteiger partial charge in [0.1, 0.15) is 0 Å². The molecule has 0 unspecified atom stereocenters. The summed E-state index contributed by atoms with van der Waals surface area (Å²) in [5.74, 6) is 0. The molecule has 0 saturated carbocycles. The van der Waals surface area contributed by atoms with Crippen LogP contribution in [0.5, 0.6) is 5.19 Å². The van der Waals surface area contributed by atoms with Crippen molar-refractivity contribution in [2.75, 3.05) is 26.4 Å². The second-order valence-corrected chi connectivity index (χ2v) is 3.80. The van der Waals surface area contributed by atoms with Gasteiger partial charge in [-0.05, 0) is 13.8 Å². The summed E-state index contributed by atoms with van der Waals surface area (Å²) in [5.41, 5.74) is -0.632. The lowest BCUT2D eigenvalue weighted by atomic mass is 10.7. The molecular formula is C9H15N3O4S. The molecule has 1 N–H and O–H groups in total. The third-order valence-electron chi connectivity index (χ3n) is 1.71. The lowest BCUT2D eigenvalue weighted by Gasteiger charge is -2.03. The largest absolute Gasteiger partial charge is 0.469 e. The van der Waals surface area contributed by atoms with Crippen molar-refractivity contribution in [1.82, 2.24) is 14.3 Å². The number of amides is 1. The molecule has 1 aromatic rings. The van der Waals surface area contributed by atoms with Crippen LogP contribution in [0.15, 0.2) is 4.79 Å². The Hall–Kier alpha value is -1.41. The van der Waals surface area contributed by atoms with Gasteiger partial charge in [0.05, 0.1) is 13.2 Å². The molecule has 96 valence electrons. The number of carbonyl (C=O) groups is 1. The molecule has 0 fully saturated rings. The molecule has 1 aromatic heterocycles. The van der Waals surface area contributed by atoms with Gasteiger partial charge in [0.2, 0.25) is 0 Å². The molecular weight excluding hydrogens is 246 g/mol. The zero-order valence-electron chi connectivity index (χ0n) is 9.76. The van der Waals surface area contributed by atoms with Gasteiger partial charge in [-0.15, -0.1) is 4.98 Å². The smallest absolute Gasteiger partial charge is 0.369 e. The average molecular weight is 261 g/mol. The normalized spacial score (nSPS) is 10.2. The number of nitrogens with zero attached hydrogens (tertiary/aromatic N) is 2. The minimum Gasteiger partial charge on any atom is -0.469 e.